The Morgan fingerprint density at radius 1 is 0.889 bits per heavy atom. The van der Waals surface area contributed by atoms with Gasteiger partial charge in [0.2, 0.25) is 0 Å². The molecule has 0 spiro atoms. The highest BCUT2D eigenvalue weighted by Crippen LogP contribution is 2.11. The van der Waals surface area contributed by atoms with Crippen LogP contribution in [0.15, 0.2) is 67.0 Å². The van der Waals surface area contributed by atoms with Crippen molar-refractivity contribution in [1.29, 1.82) is 0 Å². The van der Waals surface area contributed by atoms with Crippen LogP contribution in [0.5, 0.6) is 0 Å². The van der Waals surface area contributed by atoms with Crippen LogP contribution in [-0.2, 0) is 12.8 Å². The third kappa shape index (κ3) is 6.08. The van der Waals surface area contributed by atoms with Crippen molar-refractivity contribution in [3.05, 3.63) is 88.8 Å². The van der Waals surface area contributed by atoms with Gasteiger partial charge in [-0.05, 0) is 36.1 Å². The topological polar surface area (TPSA) is 66.9 Å². The van der Waals surface area contributed by atoms with E-state index in [-0.39, 0.29) is 5.91 Å². The second kappa shape index (κ2) is 9.69. The number of nitrogens with one attached hydrogen (secondary N) is 2. The zero-order chi connectivity index (χ0) is 18.9. The maximum Gasteiger partial charge on any atom is 0.270 e. The molecule has 1 amide bonds. The van der Waals surface area contributed by atoms with Crippen molar-refractivity contribution >= 4 is 23.3 Å². The van der Waals surface area contributed by atoms with E-state index in [2.05, 4.69) is 32.7 Å². The van der Waals surface area contributed by atoms with Gasteiger partial charge in [0, 0.05) is 24.2 Å². The molecule has 0 fully saturated rings. The Balaban J connectivity index is 1.48. The molecule has 138 valence electrons. The number of aromatic nitrogens is 2. The molecular weight excluding hydrogens is 360 g/mol. The van der Waals surface area contributed by atoms with Gasteiger partial charge in [0.1, 0.15) is 17.8 Å². The van der Waals surface area contributed by atoms with Crippen LogP contribution in [0.25, 0.3) is 0 Å². The van der Waals surface area contributed by atoms with Crippen LogP contribution < -0.4 is 10.6 Å². The van der Waals surface area contributed by atoms with Gasteiger partial charge in [0.25, 0.3) is 5.91 Å². The minimum absolute atomic E-state index is 0.217. The third-order valence-electron chi connectivity index (χ3n) is 4.05. The minimum Gasteiger partial charge on any atom is -0.370 e. The average molecular weight is 381 g/mol. The van der Waals surface area contributed by atoms with Crippen molar-refractivity contribution in [2.45, 2.75) is 12.8 Å². The second-order valence-electron chi connectivity index (χ2n) is 6.09. The van der Waals surface area contributed by atoms with Gasteiger partial charge in [-0.25, -0.2) is 9.97 Å². The molecule has 0 radical (unpaired) electrons. The fourth-order valence-corrected chi connectivity index (χ4v) is 2.87. The summed E-state index contributed by atoms with van der Waals surface area (Å²) in [6.07, 6.45) is 2.99. The van der Waals surface area contributed by atoms with Gasteiger partial charge in [-0.15, -0.1) is 0 Å². The standard InChI is InChI=1S/C21H21ClN4O/c22-18-8-4-7-17(13-18)10-12-24-21(27)19-14-20(26-15-25-19)23-11-9-16-5-2-1-3-6-16/h1-8,13-15H,9-12H2,(H,24,27)(H,23,25,26). The Bertz CT molecular complexity index is 886. The van der Waals surface area contributed by atoms with Crippen LogP contribution in [0, 0.1) is 0 Å². The molecule has 0 bridgehead atoms. The lowest BCUT2D eigenvalue weighted by atomic mass is 10.1. The van der Waals surface area contributed by atoms with Gasteiger partial charge >= 0.3 is 0 Å². The van der Waals surface area contributed by atoms with Gasteiger partial charge in [0.05, 0.1) is 0 Å². The summed E-state index contributed by atoms with van der Waals surface area (Å²) in [5, 5.41) is 6.80. The lowest BCUT2D eigenvalue weighted by Crippen LogP contribution is -2.26. The van der Waals surface area contributed by atoms with Gasteiger partial charge in [-0.1, -0.05) is 54.1 Å². The van der Waals surface area contributed by atoms with E-state index in [1.807, 2.05) is 42.5 Å². The summed E-state index contributed by atoms with van der Waals surface area (Å²) in [5.74, 6) is 0.423. The summed E-state index contributed by atoms with van der Waals surface area (Å²) in [6, 6.07) is 19.5. The van der Waals surface area contributed by atoms with Crippen LogP contribution in [-0.4, -0.2) is 29.0 Å². The second-order valence-corrected chi connectivity index (χ2v) is 6.52. The monoisotopic (exact) mass is 380 g/mol. The number of rotatable bonds is 8. The molecule has 5 nitrogen and oxygen atoms in total. The number of carbonyl (C=O) groups excluding carboxylic acids is 1. The van der Waals surface area contributed by atoms with Crippen molar-refractivity contribution in [2.24, 2.45) is 0 Å². The van der Waals surface area contributed by atoms with E-state index in [1.54, 1.807) is 6.07 Å². The van der Waals surface area contributed by atoms with E-state index in [1.165, 1.54) is 11.9 Å². The highest BCUT2D eigenvalue weighted by Gasteiger charge is 2.08. The van der Waals surface area contributed by atoms with Crippen LogP contribution in [0.1, 0.15) is 21.6 Å². The van der Waals surface area contributed by atoms with E-state index in [4.69, 9.17) is 11.6 Å². The van der Waals surface area contributed by atoms with Crippen molar-refractivity contribution in [1.82, 2.24) is 15.3 Å². The number of halogens is 1. The number of nitrogens with zero attached hydrogens (tertiary/aromatic N) is 2. The summed E-state index contributed by atoms with van der Waals surface area (Å²) < 4.78 is 0. The highest BCUT2D eigenvalue weighted by molar-refractivity contribution is 6.30. The molecule has 27 heavy (non-hydrogen) atoms. The summed E-state index contributed by atoms with van der Waals surface area (Å²) in [5.41, 5.74) is 2.67. The predicted molar refractivity (Wildman–Crippen MR) is 108 cm³/mol. The van der Waals surface area contributed by atoms with Gasteiger partial charge in [-0.3, -0.25) is 4.79 Å². The molecule has 1 aromatic heterocycles. The Morgan fingerprint density at radius 2 is 1.67 bits per heavy atom. The van der Waals surface area contributed by atoms with Crippen LogP contribution in [0.4, 0.5) is 5.82 Å². The van der Waals surface area contributed by atoms with Gasteiger partial charge in [0.15, 0.2) is 0 Å². The average Bonchev–Trinajstić information content (AvgIpc) is 2.69. The normalized spacial score (nSPS) is 10.4. The molecule has 0 saturated carbocycles. The van der Waals surface area contributed by atoms with E-state index in [9.17, 15) is 4.79 Å². The maximum atomic E-state index is 12.3. The van der Waals surface area contributed by atoms with Crippen molar-refractivity contribution in [2.75, 3.05) is 18.4 Å². The van der Waals surface area contributed by atoms with Gasteiger partial charge < -0.3 is 10.6 Å². The molecular formula is C21H21ClN4O. The molecule has 3 rings (SSSR count). The molecule has 0 saturated heterocycles. The molecule has 0 unspecified atom stereocenters. The molecule has 6 heteroatoms. The first kappa shape index (κ1) is 18.9. The Hall–Kier alpha value is -2.92. The summed E-state index contributed by atoms with van der Waals surface area (Å²) in [7, 11) is 0. The first-order chi connectivity index (χ1) is 13.2. The smallest absolute Gasteiger partial charge is 0.270 e. The predicted octanol–water partition coefficient (Wildman–Crippen LogP) is 3.76. The molecule has 0 aliphatic rings. The highest BCUT2D eigenvalue weighted by atomic mass is 35.5. The van der Waals surface area contributed by atoms with E-state index < -0.39 is 0 Å². The molecule has 0 aliphatic carbocycles. The van der Waals surface area contributed by atoms with Crippen LogP contribution in [0.3, 0.4) is 0 Å². The van der Waals surface area contributed by atoms with E-state index in [0.717, 1.165) is 18.5 Å². The van der Waals surface area contributed by atoms with Crippen molar-refractivity contribution in [3.63, 3.8) is 0 Å². The van der Waals surface area contributed by atoms with Crippen LogP contribution in [0.2, 0.25) is 5.02 Å². The van der Waals surface area contributed by atoms with Crippen molar-refractivity contribution < 1.29 is 4.79 Å². The summed E-state index contributed by atoms with van der Waals surface area (Å²) >= 11 is 5.97. The molecule has 0 atom stereocenters. The zero-order valence-corrected chi connectivity index (χ0v) is 15.6. The SMILES string of the molecule is O=C(NCCc1cccc(Cl)c1)c1cc(NCCc2ccccc2)ncn1. The number of hydrogen-bond donors (Lipinski definition) is 2. The first-order valence-electron chi connectivity index (χ1n) is 8.83. The summed E-state index contributed by atoms with van der Waals surface area (Å²) in [4.78, 5) is 20.5. The maximum absolute atomic E-state index is 12.3. The zero-order valence-electron chi connectivity index (χ0n) is 14.9. The minimum atomic E-state index is -0.217. The lowest BCUT2D eigenvalue weighted by molar-refractivity contribution is 0.0949. The number of anilines is 1. The number of benzene rings is 2. The molecule has 2 N–H and O–H groups in total. The number of carbonyl (C=O) groups is 1. The summed E-state index contributed by atoms with van der Waals surface area (Å²) in [6.45, 7) is 1.25. The Labute approximate surface area is 163 Å². The molecule has 3 aromatic rings. The fourth-order valence-electron chi connectivity index (χ4n) is 2.66. The quantitative estimate of drug-likeness (QED) is 0.624. The Morgan fingerprint density at radius 3 is 2.48 bits per heavy atom. The Kier molecular flexibility index (Phi) is 6.77. The largest absolute Gasteiger partial charge is 0.370 e. The van der Waals surface area contributed by atoms with E-state index in [0.29, 0.717) is 29.5 Å². The first-order valence-corrected chi connectivity index (χ1v) is 9.21. The van der Waals surface area contributed by atoms with E-state index >= 15 is 0 Å². The fraction of sp³-hybridized carbons (Fsp3) is 0.190. The number of amides is 1. The molecule has 0 aliphatic heterocycles. The van der Waals surface area contributed by atoms with Gasteiger partial charge in [-0.2, -0.15) is 0 Å². The third-order valence-corrected chi connectivity index (χ3v) is 4.29. The van der Waals surface area contributed by atoms with Crippen LogP contribution >= 0.6 is 11.6 Å². The van der Waals surface area contributed by atoms with Crippen molar-refractivity contribution in [3.8, 4) is 0 Å². The molecule has 2 aromatic carbocycles. The lowest BCUT2D eigenvalue weighted by Gasteiger charge is -2.08. The molecule has 1 heterocycles. The number of hydrogen-bond acceptors (Lipinski definition) is 4.